The molecule has 0 aliphatic carbocycles. The van der Waals surface area contributed by atoms with E-state index in [-0.39, 0.29) is 18.7 Å². The van der Waals surface area contributed by atoms with E-state index < -0.39 is 11.7 Å². The summed E-state index contributed by atoms with van der Waals surface area (Å²) in [6.07, 6.45) is 0.837. The Hall–Kier alpha value is -2.24. The lowest BCUT2D eigenvalue weighted by Gasteiger charge is -2.34. The number of rotatable bonds is 3. The molecule has 2 amide bonds. The zero-order valence-electron chi connectivity index (χ0n) is 14.6. The maximum absolute atomic E-state index is 12.1. The van der Waals surface area contributed by atoms with Gasteiger partial charge in [-0.15, -0.1) is 0 Å². The Morgan fingerprint density at radius 1 is 1.25 bits per heavy atom. The molecule has 0 saturated carbocycles. The topological polar surface area (TPSA) is 67.9 Å². The monoisotopic (exact) mass is 334 g/mol. The molecule has 1 fully saturated rings. The van der Waals surface area contributed by atoms with E-state index in [1.54, 1.807) is 4.90 Å². The van der Waals surface area contributed by atoms with Crippen LogP contribution in [-0.2, 0) is 16.1 Å². The fourth-order valence-electron chi connectivity index (χ4n) is 2.52. The molecule has 1 aliphatic rings. The van der Waals surface area contributed by atoms with Crippen molar-refractivity contribution in [3.05, 3.63) is 35.9 Å². The van der Waals surface area contributed by atoms with Crippen LogP contribution in [0.5, 0.6) is 0 Å². The minimum atomic E-state index is -0.522. The minimum absolute atomic E-state index is 0.116. The number of piperidine rings is 1. The number of hydrogen-bond donors (Lipinski definition) is 1. The molecule has 0 unspecified atom stereocenters. The molecule has 6 nitrogen and oxygen atoms in total. The highest BCUT2D eigenvalue weighted by Crippen LogP contribution is 2.15. The van der Waals surface area contributed by atoms with Crippen LogP contribution in [0.4, 0.5) is 9.59 Å². The molecule has 1 aliphatic heterocycles. The van der Waals surface area contributed by atoms with Crippen molar-refractivity contribution < 1.29 is 19.1 Å². The van der Waals surface area contributed by atoms with Crippen LogP contribution in [0, 0.1) is 0 Å². The smallest absolute Gasteiger partial charge is 0.410 e. The molecule has 1 saturated heterocycles. The van der Waals surface area contributed by atoms with Crippen LogP contribution >= 0.6 is 0 Å². The number of amides is 2. The van der Waals surface area contributed by atoms with Crippen molar-refractivity contribution in [2.45, 2.75) is 51.9 Å². The molecule has 1 N–H and O–H groups in total. The van der Waals surface area contributed by atoms with Crippen LogP contribution in [0.2, 0.25) is 0 Å². The highest BCUT2D eigenvalue weighted by atomic mass is 16.6. The second-order valence-electron chi connectivity index (χ2n) is 6.97. The molecule has 132 valence electrons. The Morgan fingerprint density at radius 3 is 2.62 bits per heavy atom. The number of carbonyl (C=O) groups excluding carboxylic acids is 2. The second-order valence-corrected chi connectivity index (χ2v) is 6.97. The van der Waals surface area contributed by atoms with E-state index in [4.69, 9.17) is 9.47 Å². The number of ether oxygens (including phenoxy) is 2. The van der Waals surface area contributed by atoms with Crippen LogP contribution in [0.15, 0.2) is 30.3 Å². The van der Waals surface area contributed by atoms with E-state index in [1.807, 2.05) is 51.1 Å². The summed E-state index contributed by atoms with van der Waals surface area (Å²) < 4.78 is 10.6. The van der Waals surface area contributed by atoms with E-state index in [0.717, 1.165) is 18.4 Å². The normalized spacial score (nSPS) is 18.0. The van der Waals surface area contributed by atoms with E-state index in [9.17, 15) is 9.59 Å². The molecule has 0 bridgehead atoms. The van der Waals surface area contributed by atoms with Crippen LogP contribution in [-0.4, -0.2) is 41.8 Å². The van der Waals surface area contributed by atoms with Gasteiger partial charge < -0.3 is 19.7 Å². The first-order valence-corrected chi connectivity index (χ1v) is 8.28. The van der Waals surface area contributed by atoms with E-state index in [2.05, 4.69) is 5.32 Å². The van der Waals surface area contributed by atoms with Gasteiger partial charge in [-0.25, -0.2) is 9.59 Å². The van der Waals surface area contributed by atoms with E-state index in [0.29, 0.717) is 13.1 Å². The summed E-state index contributed by atoms with van der Waals surface area (Å²) in [5, 5.41) is 2.83. The average molecular weight is 334 g/mol. The van der Waals surface area contributed by atoms with Crippen molar-refractivity contribution in [1.29, 1.82) is 0 Å². The molecule has 2 rings (SSSR count). The van der Waals surface area contributed by atoms with Crippen LogP contribution in [0.25, 0.3) is 0 Å². The first-order valence-electron chi connectivity index (χ1n) is 8.28. The summed E-state index contributed by atoms with van der Waals surface area (Å²) in [7, 11) is 0. The average Bonchev–Trinajstić information content (AvgIpc) is 2.52. The third-order valence-corrected chi connectivity index (χ3v) is 3.61. The minimum Gasteiger partial charge on any atom is -0.445 e. The van der Waals surface area contributed by atoms with E-state index in [1.165, 1.54) is 0 Å². The van der Waals surface area contributed by atoms with Gasteiger partial charge in [-0.05, 0) is 39.2 Å². The SMILES string of the molecule is CC(C)(C)OC(=O)N1CCC[C@H](NC(=O)OCc2ccccc2)C1. The number of hydrogen-bond acceptors (Lipinski definition) is 4. The van der Waals surface area contributed by atoms with Crippen molar-refractivity contribution in [2.75, 3.05) is 13.1 Å². The van der Waals surface area contributed by atoms with Gasteiger partial charge in [0, 0.05) is 19.1 Å². The fourth-order valence-corrected chi connectivity index (χ4v) is 2.52. The molecule has 1 heterocycles. The van der Waals surface area contributed by atoms with Crippen molar-refractivity contribution in [1.82, 2.24) is 10.2 Å². The molecule has 1 aromatic carbocycles. The standard InChI is InChI=1S/C18H26N2O4/c1-18(2,3)24-17(22)20-11-7-10-15(12-20)19-16(21)23-13-14-8-5-4-6-9-14/h4-6,8-9,15H,7,10-13H2,1-3H3,(H,19,21)/t15-/m0/s1. The van der Waals surface area contributed by atoms with Gasteiger partial charge in [-0.2, -0.15) is 0 Å². The zero-order valence-corrected chi connectivity index (χ0v) is 14.6. The van der Waals surface area contributed by atoms with Crippen molar-refractivity contribution in [3.63, 3.8) is 0 Å². The maximum atomic E-state index is 12.1. The van der Waals surface area contributed by atoms with Gasteiger partial charge in [-0.3, -0.25) is 0 Å². The molecule has 0 aromatic heterocycles. The molecule has 0 spiro atoms. The van der Waals surface area contributed by atoms with Crippen molar-refractivity contribution >= 4 is 12.2 Å². The molecular weight excluding hydrogens is 308 g/mol. The van der Waals surface area contributed by atoms with Gasteiger partial charge in [0.25, 0.3) is 0 Å². The second kappa shape index (κ2) is 8.04. The first-order chi connectivity index (χ1) is 11.3. The van der Waals surface area contributed by atoms with Gasteiger partial charge >= 0.3 is 12.2 Å². The van der Waals surface area contributed by atoms with Gasteiger partial charge in [0.1, 0.15) is 12.2 Å². The summed E-state index contributed by atoms with van der Waals surface area (Å²) in [4.78, 5) is 25.7. The molecule has 1 atom stereocenters. The Bertz CT molecular complexity index is 554. The quantitative estimate of drug-likeness (QED) is 0.921. The van der Waals surface area contributed by atoms with Crippen LogP contribution in [0.1, 0.15) is 39.2 Å². The highest BCUT2D eigenvalue weighted by Gasteiger charge is 2.28. The Morgan fingerprint density at radius 2 is 1.96 bits per heavy atom. The fraction of sp³-hybridized carbons (Fsp3) is 0.556. The lowest BCUT2D eigenvalue weighted by Crippen LogP contribution is -2.50. The van der Waals surface area contributed by atoms with Crippen molar-refractivity contribution in [3.8, 4) is 0 Å². The number of alkyl carbamates (subject to hydrolysis) is 1. The summed E-state index contributed by atoms with van der Waals surface area (Å²) in [5.74, 6) is 0. The molecule has 0 radical (unpaired) electrons. The molecule has 1 aromatic rings. The third-order valence-electron chi connectivity index (χ3n) is 3.61. The van der Waals surface area contributed by atoms with Crippen molar-refractivity contribution in [2.24, 2.45) is 0 Å². The Balaban J connectivity index is 1.77. The van der Waals surface area contributed by atoms with E-state index >= 15 is 0 Å². The predicted octanol–water partition coefficient (Wildman–Crippen LogP) is 3.31. The van der Waals surface area contributed by atoms with Crippen LogP contribution < -0.4 is 5.32 Å². The largest absolute Gasteiger partial charge is 0.445 e. The lowest BCUT2D eigenvalue weighted by atomic mass is 10.1. The van der Waals surface area contributed by atoms with Gasteiger partial charge in [0.05, 0.1) is 0 Å². The zero-order chi connectivity index (χ0) is 17.6. The molecule has 24 heavy (non-hydrogen) atoms. The Labute approximate surface area is 143 Å². The van der Waals surface area contributed by atoms with Crippen LogP contribution in [0.3, 0.4) is 0 Å². The summed E-state index contributed by atoms with van der Waals surface area (Å²) in [5.41, 5.74) is 0.415. The number of likely N-dealkylation sites (tertiary alicyclic amines) is 1. The van der Waals surface area contributed by atoms with Gasteiger partial charge in [0.15, 0.2) is 0 Å². The number of benzene rings is 1. The molecular formula is C18H26N2O4. The van der Waals surface area contributed by atoms with Gasteiger partial charge in [0.2, 0.25) is 0 Å². The third kappa shape index (κ3) is 6.10. The predicted molar refractivity (Wildman–Crippen MR) is 90.6 cm³/mol. The molecule has 6 heteroatoms. The number of nitrogens with zero attached hydrogens (tertiary/aromatic N) is 1. The summed E-state index contributed by atoms with van der Waals surface area (Å²) in [6.45, 7) is 6.83. The first kappa shape index (κ1) is 18.1. The number of nitrogens with one attached hydrogen (secondary N) is 1. The number of carbonyl (C=O) groups is 2. The highest BCUT2D eigenvalue weighted by molar-refractivity contribution is 5.69. The Kier molecular flexibility index (Phi) is 6.06. The lowest BCUT2D eigenvalue weighted by molar-refractivity contribution is 0.0184. The summed E-state index contributed by atoms with van der Waals surface area (Å²) >= 11 is 0. The van der Waals surface area contributed by atoms with Gasteiger partial charge in [-0.1, -0.05) is 30.3 Å². The maximum Gasteiger partial charge on any atom is 0.410 e. The summed E-state index contributed by atoms with van der Waals surface area (Å²) in [6, 6.07) is 9.40.